The summed E-state index contributed by atoms with van der Waals surface area (Å²) in [5.74, 6) is 1.13. The SMILES string of the molecule is Nc1cc(-c2sccc2Br)nc(-c2ccccc2)n1. The van der Waals surface area contributed by atoms with E-state index in [1.165, 1.54) is 0 Å². The molecule has 0 atom stereocenters. The number of halogens is 1. The first-order valence-electron chi connectivity index (χ1n) is 5.67. The fourth-order valence-corrected chi connectivity index (χ4v) is 3.31. The van der Waals surface area contributed by atoms with Gasteiger partial charge in [0.2, 0.25) is 0 Å². The van der Waals surface area contributed by atoms with Crippen molar-refractivity contribution in [3.63, 3.8) is 0 Å². The molecule has 5 heteroatoms. The van der Waals surface area contributed by atoms with Crippen LogP contribution in [-0.2, 0) is 0 Å². The van der Waals surface area contributed by atoms with Crippen molar-refractivity contribution in [2.24, 2.45) is 0 Å². The van der Waals surface area contributed by atoms with Gasteiger partial charge in [0.25, 0.3) is 0 Å². The Morgan fingerprint density at radius 1 is 1.05 bits per heavy atom. The molecule has 2 heterocycles. The van der Waals surface area contributed by atoms with Crippen LogP contribution in [0.25, 0.3) is 22.0 Å². The maximum Gasteiger partial charge on any atom is 0.162 e. The van der Waals surface area contributed by atoms with Crippen LogP contribution >= 0.6 is 27.3 Å². The van der Waals surface area contributed by atoms with E-state index in [0.717, 1.165) is 20.6 Å². The number of anilines is 1. The van der Waals surface area contributed by atoms with Crippen molar-refractivity contribution >= 4 is 33.1 Å². The van der Waals surface area contributed by atoms with E-state index in [1.54, 1.807) is 17.4 Å². The molecule has 2 aromatic heterocycles. The summed E-state index contributed by atoms with van der Waals surface area (Å²) in [7, 11) is 0. The van der Waals surface area contributed by atoms with Crippen molar-refractivity contribution in [3.8, 4) is 22.0 Å². The number of aromatic nitrogens is 2. The molecular formula is C14H10BrN3S. The normalized spacial score (nSPS) is 10.6. The van der Waals surface area contributed by atoms with E-state index in [-0.39, 0.29) is 0 Å². The highest BCUT2D eigenvalue weighted by atomic mass is 79.9. The quantitative estimate of drug-likeness (QED) is 0.764. The minimum Gasteiger partial charge on any atom is -0.384 e. The third kappa shape index (κ3) is 2.52. The zero-order chi connectivity index (χ0) is 13.2. The molecular weight excluding hydrogens is 322 g/mol. The van der Waals surface area contributed by atoms with E-state index in [1.807, 2.05) is 41.8 Å². The average Bonchev–Trinajstić information content (AvgIpc) is 2.85. The van der Waals surface area contributed by atoms with Gasteiger partial charge in [0.1, 0.15) is 5.82 Å². The van der Waals surface area contributed by atoms with Gasteiger partial charge in [0.15, 0.2) is 5.82 Å². The second kappa shape index (κ2) is 5.11. The molecule has 0 aliphatic carbocycles. The molecule has 0 bridgehead atoms. The van der Waals surface area contributed by atoms with Crippen molar-refractivity contribution < 1.29 is 0 Å². The van der Waals surface area contributed by atoms with Crippen molar-refractivity contribution in [1.29, 1.82) is 0 Å². The fourth-order valence-electron chi connectivity index (χ4n) is 1.78. The smallest absolute Gasteiger partial charge is 0.162 e. The second-order valence-corrected chi connectivity index (χ2v) is 5.74. The van der Waals surface area contributed by atoms with Crippen LogP contribution in [-0.4, -0.2) is 9.97 Å². The summed E-state index contributed by atoms with van der Waals surface area (Å²) in [4.78, 5) is 9.96. The molecule has 0 unspecified atom stereocenters. The lowest BCUT2D eigenvalue weighted by atomic mass is 10.2. The average molecular weight is 332 g/mol. The third-order valence-corrected chi connectivity index (χ3v) is 4.49. The standard InChI is InChI=1S/C14H10BrN3S/c15-10-6-7-19-13(10)11-8-12(16)18-14(17-11)9-4-2-1-3-5-9/h1-8H,(H2,16,17,18). The van der Waals surface area contributed by atoms with Crippen molar-refractivity contribution in [1.82, 2.24) is 9.97 Å². The molecule has 0 saturated heterocycles. The highest BCUT2D eigenvalue weighted by Gasteiger charge is 2.10. The van der Waals surface area contributed by atoms with Gasteiger partial charge in [0.05, 0.1) is 10.6 Å². The maximum absolute atomic E-state index is 5.89. The molecule has 3 aromatic rings. The zero-order valence-electron chi connectivity index (χ0n) is 9.88. The predicted octanol–water partition coefficient (Wildman–Crippen LogP) is 4.22. The number of hydrogen-bond donors (Lipinski definition) is 1. The van der Waals surface area contributed by atoms with Gasteiger partial charge in [-0.3, -0.25) is 0 Å². The Labute approximate surface area is 123 Å². The molecule has 0 fully saturated rings. The highest BCUT2D eigenvalue weighted by molar-refractivity contribution is 9.10. The number of hydrogen-bond acceptors (Lipinski definition) is 4. The molecule has 3 nitrogen and oxygen atoms in total. The summed E-state index contributed by atoms with van der Waals surface area (Å²) >= 11 is 5.14. The van der Waals surface area contributed by atoms with Gasteiger partial charge < -0.3 is 5.73 Å². The van der Waals surface area contributed by atoms with Gasteiger partial charge >= 0.3 is 0 Å². The molecule has 0 aliphatic heterocycles. The lowest BCUT2D eigenvalue weighted by Crippen LogP contribution is -1.97. The Balaban J connectivity index is 2.14. The summed E-state index contributed by atoms with van der Waals surface area (Å²) in [6.45, 7) is 0. The van der Waals surface area contributed by atoms with Crippen LogP contribution < -0.4 is 5.73 Å². The van der Waals surface area contributed by atoms with Gasteiger partial charge in [-0.15, -0.1) is 11.3 Å². The Morgan fingerprint density at radius 2 is 1.84 bits per heavy atom. The highest BCUT2D eigenvalue weighted by Crippen LogP contribution is 2.33. The molecule has 3 rings (SSSR count). The Bertz CT molecular complexity index is 710. The lowest BCUT2D eigenvalue weighted by molar-refractivity contribution is 1.19. The van der Waals surface area contributed by atoms with E-state index in [9.17, 15) is 0 Å². The van der Waals surface area contributed by atoms with E-state index in [0.29, 0.717) is 11.6 Å². The van der Waals surface area contributed by atoms with Crippen LogP contribution in [0.4, 0.5) is 5.82 Å². The summed E-state index contributed by atoms with van der Waals surface area (Å²) in [6, 6.07) is 13.6. The Morgan fingerprint density at radius 3 is 2.53 bits per heavy atom. The lowest BCUT2D eigenvalue weighted by Gasteiger charge is -2.05. The van der Waals surface area contributed by atoms with Crippen LogP contribution in [0.3, 0.4) is 0 Å². The van der Waals surface area contributed by atoms with Crippen LogP contribution in [0.1, 0.15) is 0 Å². The molecule has 94 valence electrons. The molecule has 0 radical (unpaired) electrons. The number of nitrogens with zero attached hydrogens (tertiary/aromatic N) is 2. The monoisotopic (exact) mass is 331 g/mol. The molecule has 0 saturated carbocycles. The topological polar surface area (TPSA) is 51.8 Å². The Kier molecular flexibility index (Phi) is 3.31. The minimum atomic E-state index is 0.476. The van der Waals surface area contributed by atoms with Crippen LogP contribution in [0.5, 0.6) is 0 Å². The van der Waals surface area contributed by atoms with Crippen molar-refractivity contribution in [2.45, 2.75) is 0 Å². The molecule has 0 aliphatic rings. The summed E-state index contributed by atoms with van der Waals surface area (Å²) in [5, 5.41) is 2.01. The summed E-state index contributed by atoms with van der Waals surface area (Å²) in [6.07, 6.45) is 0. The van der Waals surface area contributed by atoms with E-state index >= 15 is 0 Å². The minimum absolute atomic E-state index is 0.476. The largest absolute Gasteiger partial charge is 0.384 e. The fraction of sp³-hybridized carbons (Fsp3) is 0. The van der Waals surface area contributed by atoms with Crippen molar-refractivity contribution in [3.05, 3.63) is 52.3 Å². The van der Waals surface area contributed by atoms with Gasteiger partial charge in [-0.05, 0) is 27.4 Å². The number of nitrogen functional groups attached to an aromatic ring is 1. The van der Waals surface area contributed by atoms with E-state index in [4.69, 9.17) is 5.73 Å². The van der Waals surface area contributed by atoms with Crippen LogP contribution in [0, 0.1) is 0 Å². The van der Waals surface area contributed by atoms with Gasteiger partial charge in [-0.25, -0.2) is 9.97 Å². The molecule has 0 amide bonds. The number of thiophene rings is 1. The number of benzene rings is 1. The van der Waals surface area contributed by atoms with Gasteiger partial charge in [-0.2, -0.15) is 0 Å². The summed E-state index contributed by atoms with van der Waals surface area (Å²) < 4.78 is 1.02. The van der Waals surface area contributed by atoms with E-state index in [2.05, 4.69) is 25.9 Å². The molecule has 2 N–H and O–H groups in total. The molecule has 19 heavy (non-hydrogen) atoms. The predicted molar refractivity (Wildman–Crippen MR) is 82.9 cm³/mol. The second-order valence-electron chi connectivity index (χ2n) is 3.97. The first-order chi connectivity index (χ1) is 9.24. The first-order valence-corrected chi connectivity index (χ1v) is 7.34. The van der Waals surface area contributed by atoms with Gasteiger partial charge in [0, 0.05) is 16.1 Å². The Hall–Kier alpha value is -1.72. The third-order valence-electron chi connectivity index (χ3n) is 2.63. The maximum atomic E-state index is 5.89. The van der Waals surface area contributed by atoms with Crippen LogP contribution in [0.2, 0.25) is 0 Å². The zero-order valence-corrected chi connectivity index (χ0v) is 12.3. The van der Waals surface area contributed by atoms with Gasteiger partial charge in [-0.1, -0.05) is 30.3 Å². The van der Waals surface area contributed by atoms with Crippen LogP contribution in [0.15, 0.2) is 52.3 Å². The molecule has 0 spiro atoms. The molecule has 1 aromatic carbocycles. The first kappa shape index (κ1) is 12.3. The number of nitrogens with two attached hydrogens (primary N) is 1. The summed E-state index contributed by atoms with van der Waals surface area (Å²) in [5.41, 5.74) is 7.69. The van der Waals surface area contributed by atoms with E-state index < -0.39 is 0 Å². The van der Waals surface area contributed by atoms with Crippen molar-refractivity contribution in [2.75, 3.05) is 5.73 Å². The number of rotatable bonds is 2.